The lowest BCUT2D eigenvalue weighted by Crippen LogP contribution is -2.25. The Morgan fingerprint density at radius 3 is 3.00 bits per heavy atom. The van der Waals surface area contributed by atoms with Crippen LogP contribution >= 0.6 is 11.3 Å². The van der Waals surface area contributed by atoms with Gasteiger partial charge in [-0.15, -0.1) is 11.3 Å². The SMILES string of the molecule is CN(C)CCNCc1cc2c(s1)CCC2. The Balaban J connectivity index is 1.74. The van der Waals surface area contributed by atoms with Gasteiger partial charge in [0.05, 0.1) is 0 Å². The summed E-state index contributed by atoms with van der Waals surface area (Å²) in [5.41, 5.74) is 1.62. The minimum atomic E-state index is 1.05. The van der Waals surface area contributed by atoms with Crippen molar-refractivity contribution in [3.63, 3.8) is 0 Å². The third kappa shape index (κ3) is 3.03. The van der Waals surface area contributed by atoms with Gasteiger partial charge in [0.15, 0.2) is 0 Å². The second kappa shape index (κ2) is 5.10. The Kier molecular flexibility index (Phi) is 3.78. The number of likely N-dealkylation sites (N-methyl/N-ethyl adjacent to an activating group) is 1. The van der Waals surface area contributed by atoms with Gasteiger partial charge in [-0.05, 0) is 45.0 Å². The van der Waals surface area contributed by atoms with Crippen LogP contribution in [0.1, 0.15) is 21.7 Å². The summed E-state index contributed by atoms with van der Waals surface area (Å²) in [5.74, 6) is 0. The van der Waals surface area contributed by atoms with Gasteiger partial charge in [-0.3, -0.25) is 0 Å². The second-order valence-electron chi connectivity index (χ2n) is 4.49. The molecule has 84 valence electrons. The van der Waals surface area contributed by atoms with Crippen molar-refractivity contribution >= 4 is 11.3 Å². The van der Waals surface area contributed by atoms with Gasteiger partial charge in [-0.1, -0.05) is 0 Å². The minimum absolute atomic E-state index is 1.05. The number of hydrogen-bond acceptors (Lipinski definition) is 3. The molecule has 2 rings (SSSR count). The van der Waals surface area contributed by atoms with E-state index in [4.69, 9.17) is 0 Å². The molecule has 0 amide bonds. The Labute approximate surface area is 96.3 Å². The normalized spacial score (nSPS) is 14.9. The minimum Gasteiger partial charge on any atom is -0.311 e. The summed E-state index contributed by atoms with van der Waals surface area (Å²) in [6.45, 7) is 3.24. The monoisotopic (exact) mass is 224 g/mol. The Morgan fingerprint density at radius 1 is 1.40 bits per heavy atom. The van der Waals surface area contributed by atoms with Crippen LogP contribution in [0.25, 0.3) is 0 Å². The number of nitrogens with zero attached hydrogens (tertiary/aromatic N) is 1. The molecule has 0 saturated heterocycles. The zero-order valence-corrected chi connectivity index (χ0v) is 10.5. The van der Waals surface area contributed by atoms with Gasteiger partial charge in [0.1, 0.15) is 0 Å². The first-order valence-electron chi connectivity index (χ1n) is 5.71. The molecule has 15 heavy (non-hydrogen) atoms. The van der Waals surface area contributed by atoms with Gasteiger partial charge in [0.2, 0.25) is 0 Å². The zero-order chi connectivity index (χ0) is 10.7. The smallest absolute Gasteiger partial charge is 0.0300 e. The third-order valence-electron chi connectivity index (χ3n) is 2.83. The average molecular weight is 224 g/mol. The predicted molar refractivity (Wildman–Crippen MR) is 66.6 cm³/mol. The van der Waals surface area contributed by atoms with Crippen LogP contribution in [-0.2, 0) is 19.4 Å². The van der Waals surface area contributed by atoms with Crippen LogP contribution in [0.4, 0.5) is 0 Å². The van der Waals surface area contributed by atoms with E-state index in [9.17, 15) is 0 Å². The highest BCUT2D eigenvalue weighted by atomic mass is 32.1. The van der Waals surface area contributed by atoms with E-state index in [1.54, 1.807) is 10.4 Å². The highest BCUT2D eigenvalue weighted by Gasteiger charge is 2.14. The molecular formula is C12H20N2S. The van der Waals surface area contributed by atoms with Crippen molar-refractivity contribution in [1.29, 1.82) is 0 Å². The van der Waals surface area contributed by atoms with Crippen molar-refractivity contribution in [2.24, 2.45) is 0 Å². The van der Waals surface area contributed by atoms with E-state index in [2.05, 4.69) is 30.4 Å². The van der Waals surface area contributed by atoms with Crippen LogP contribution in [0.5, 0.6) is 0 Å². The molecular weight excluding hydrogens is 204 g/mol. The second-order valence-corrected chi connectivity index (χ2v) is 5.72. The Morgan fingerprint density at radius 2 is 2.27 bits per heavy atom. The third-order valence-corrected chi connectivity index (χ3v) is 4.07. The lowest BCUT2D eigenvalue weighted by atomic mass is 10.2. The fourth-order valence-electron chi connectivity index (χ4n) is 1.99. The molecule has 0 saturated carbocycles. The van der Waals surface area contributed by atoms with Gasteiger partial charge < -0.3 is 10.2 Å². The highest BCUT2D eigenvalue weighted by Crippen LogP contribution is 2.30. The quantitative estimate of drug-likeness (QED) is 0.768. The number of fused-ring (bicyclic) bond motifs is 1. The summed E-state index contributed by atoms with van der Waals surface area (Å²) in [6.07, 6.45) is 4.00. The first-order valence-corrected chi connectivity index (χ1v) is 6.53. The fraction of sp³-hybridized carbons (Fsp3) is 0.667. The summed E-state index contributed by atoms with van der Waals surface area (Å²) in [5, 5.41) is 3.49. The molecule has 3 heteroatoms. The van der Waals surface area contributed by atoms with Gasteiger partial charge in [-0.25, -0.2) is 0 Å². The molecule has 0 unspecified atom stereocenters. The van der Waals surface area contributed by atoms with Crippen molar-refractivity contribution in [1.82, 2.24) is 10.2 Å². The number of aryl methyl sites for hydroxylation is 2. The van der Waals surface area contributed by atoms with Crippen molar-refractivity contribution in [2.75, 3.05) is 27.2 Å². The Hall–Kier alpha value is -0.380. The molecule has 1 aliphatic carbocycles. The summed E-state index contributed by atoms with van der Waals surface area (Å²) in [4.78, 5) is 5.36. The molecule has 0 atom stereocenters. The summed E-state index contributed by atoms with van der Waals surface area (Å²) in [6, 6.07) is 2.40. The van der Waals surface area contributed by atoms with Crippen molar-refractivity contribution < 1.29 is 0 Å². The fourth-order valence-corrected chi connectivity index (χ4v) is 3.22. The molecule has 0 radical (unpaired) electrons. The molecule has 0 aliphatic heterocycles. The largest absolute Gasteiger partial charge is 0.311 e. The molecule has 0 spiro atoms. The molecule has 0 bridgehead atoms. The number of thiophene rings is 1. The summed E-state index contributed by atoms with van der Waals surface area (Å²) in [7, 11) is 4.22. The molecule has 1 heterocycles. The van der Waals surface area contributed by atoms with E-state index in [-0.39, 0.29) is 0 Å². The number of rotatable bonds is 5. The molecule has 0 aromatic carbocycles. The number of hydrogen-bond donors (Lipinski definition) is 1. The van der Waals surface area contributed by atoms with E-state index in [1.807, 2.05) is 11.3 Å². The lowest BCUT2D eigenvalue weighted by Gasteiger charge is -2.09. The van der Waals surface area contributed by atoms with E-state index in [0.717, 1.165) is 19.6 Å². The van der Waals surface area contributed by atoms with E-state index >= 15 is 0 Å². The maximum absolute atomic E-state index is 3.49. The van der Waals surface area contributed by atoms with Crippen LogP contribution in [0, 0.1) is 0 Å². The van der Waals surface area contributed by atoms with E-state index < -0.39 is 0 Å². The average Bonchev–Trinajstić information content (AvgIpc) is 2.71. The topological polar surface area (TPSA) is 15.3 Å². The Bertz CT molecular complexity index is 296. The van der Waals surface area contributed by atoms with Crippen molar-refractivity contribution in [3.8, 4) is 0 Å². The molecule has 0 fully saturated rings. The van der Waals surface area contributed by atoms with Crippen LogP contribution < -0.4 is 5.32 Å². The maximum atomic E-state index is 3.49. The van der Waals surface area contributed by atoms with Crippen molar-refractivity contribution in [2.45, 2.75) is 25.8 Å². The molecule has 1 aliphatic rings. The van der Waals surface area contributed by atoms with E-state index in [1.165, 1.54) is 24.1 Å². The standard InChI is InChI=1S/C12H20N2S/c1-14(2)7-6-13-9-11-8-10-4-3-5-12(10)15-11/h8,13H,3-7,9H2,1-2H3. The number of nitrogens with one attached hydrogen (secondary N) is 1. The molecule has 1 aromatic rings. The van der Waals surface area contributed by atoms with E-state index in [0.29, 0.717) is 0 Å². The first kappa shape index (κ1) is 11.1. The highest BCUT2D eigenvalue weighted by molar-refractivity contribution is 7.12. The first-order chi connectivity index (χ1) is 7.25. The van der Waals surface area contributed by atoms with Gasteiger partial charge in [-0.2, -0.15) is 0 Å². The summed E-state index contributed by atoms with van der Waals surface area (Å²) < 4.78 is 0. The predicted octanol–water partition coefficient (Wildman–Crippen LogP) is 1.89. The van der Waals surface area contributed by atoms with Crippen LogP contribution in [0.15, 0.2) is 6.07 Å². The zero-order valence-electron chi connectivity index (χ0n) is 9.68. The van der Waals surface area contributed by atoms with Gasteiger partial charge in [0.25, 0.3) is 0 Å². The van der Waals surface area contributed by atoms with Crippen LogP contribution in [-0.4, -0.2) is 32.1 Å². The lowest BCUT2D eigenvalue weighted by molar-refractivity contribution is 0.400. The van der Waals surface area contributed by atoms with Crippen LogP contribution in [0.3, 0.4) is 0 Å². The maximum Gasteiger partial charge on any atom is 0.0300 e. The molecule has 1 N–H and O–H groups in total. The van der Waals surface area contributed by atoms with Gasteiger partial charge >= 0.3 is 0 Å². The molecule has 1 aromatic heterocycles. The van der Waals surface area contributed by atoms with Crippen LogP contribution in [0.2, 0.25) is 0 Å². The van der Waals surface area contributed by atoms with Crippen molar-refractivity contribution in [3.05, 3.63) is 21.4 Å². The molecule has 2 nitrogen and oxygen atoms in total. The van der Waals surface area contributed by atoms with Gasteiger partial charge in [0, 0.05) is 29.4 Å². The summed E-state index contributed by atoms with van der Waals surface area (Å²) >= 11 is 2.00.